The molecule has 0 spiro atoms. The normalized spacial score (nSPS) is 11.5. The maximum Gasteiger partial charge on any atom is 0.265 e. The van der Waals surface area contributed by atoms with E-state index in [1.165, 1.54) is 13.1 Å². The molecule has 0 aliphatic rings. The first-order valence-electron chi connectivity index (χ1n) is 7.46. The molecule has 5 nitrogen and oxygen atoms in total. The van der Waals surface area contributed by atoms with Gasteiger partial charge in [-0.05, 0) is 44.2 Å². The van der Waals surface area contributed by atoms with E-state index in [-0.39, 0.29) is 11.8 Å². The van der Waals surface area contributed by atoms with Gasteiger partial charge in [0.2, 0.25) is 0 Å². The molecular formula is C18H19ClN2O3. The summed E-state index contributed by atoms with van der Waals surface area (Å²) in [4.78, 5) is 24.0. The Morgan fingerprint density at radius 1 is 1.12 bits per heavy atom. The fraction of sp³-hybridized carbons (Fsp3) is 0.222. The molecule has 2 aromatic carbocycles. The number of rotatable bonds is 5. The lowest BCUT2D eigenvalue weighted by Crippen LogP contribution is -2.30. The molecule has 1 atom stereocenters. The third kappa shape index (κ3) is 4.49. The SMILES string of the molecule is CNC(=O)c1ccc(Cl)c(NC(=O)C(C)Oc2ccc(C)cc2)c1. The van der Waals surface area contributed by atoms with Crippen LogP contribution in [0, 0.1) is 6.92 Å². The Balaban J connectivity index is 2.08. The quantitative estimate of drug-likeness (QED) is 0.871. The average molecular weight is 347 g/mol. The van der Waals surface area contributed by atoms with E-state index in [4.69, 9.17) is 16.3 Å². The summed E-state index contributed by atoms with van der Waals surface area (Å²) >= 11 is 6.08. The average Bonchev–Trinajstić information content (AvgIpc) is 2.58. The van der Waals surface area contributed by atoms with Gasteiger partial charge in [0.15, 0.2) is 6.10 Å². The molecule has 6 heteroatoms. The Bertz CT molecular complexity index is 744. The summed E-state index contributed by atoms with van der Waals surface area (Å²) < 4.78 is 5.61. The van der Waals surface area contributed by atoms with Crippen LogP contribution in [0.2, 0.25) is 5.02 Å². The summed E-state index contributed by atoms with van der Waals surface area (Å²) in [5, 5.41) is 5.55. The molecule has 0 fully saturated rings. The summed E-state index contributed by atoms with van der Waals surface area (Å²) in [7, 11) is 1.53. The van der Waals surface area contributed by atoms with E-state index in [1.54, 1.807) is 31.2 Å². The standard InChI is InChI=1S/C18H19ClN2O3/c1-11-4-7-14(8-5-11)24-12(2)17(22)21-16-10-13(18(23)20-3)6-9-15(16)19/h4-10,12H,1-3H3,(H,20,23)(H,21,22). The van der Waals surface area contributed by atoms with Crippen molar-refractivity contribution in [3.63, 3.8) is 0 Å². The molecule has 126 valence electrons. The van der Waals surface area contributed by atoms with Crippen molar-refractivity contribution in [1.29, 1.82) is 0 Å². The zero-order chi connectivity index (χ0) is 17.7. The van der Waals surface area contributed by atoms with E-state index in [9.17, 15) is 9.59 Å². The summed E-state index contributed by atoms with van der Waals surface area (Å²) in [5.74, 6) is -0.00823. The van der Waals surface area contributed by atoms with Gasteiger partial charge >= 0.3 is 0 Å². The van der Waals surface area contributed by atoms with Gasteiger partial charge in [0.05, 0.1) is 10.7 Å². The number of anilines is 1. The van der Waals surface area contributed by atoms with E-state index in [0.717, 1.165) is 5.56 Å². The maximum absolute atomic E-state index is 12.3. The highest BCUT2D eigenvalue weighted by molar-refractivity contribution is 6.34. The third-order valence-corrected chi connectivity index (χ3v) is 3.75. The van der Waals surface area contributed by atoms with Gasteiger partial charge < -0.3 is 15.4 Å². The van der Waals surface area contributed by atoms with Gasteiger partial charge in [0.1, 0.15) is 5.75 Å². The number of halogens is 1. The Kier molecular flexibility index (Phi) is 5.82. The van der Waals surface area contributed by atoms with E-state index in [2.05, 4.69) is 10.6 Å². The largest absolute Gasteiger partial charge is 0.481 e. The molecule has 0 aromatic heterocycles. The van der Waals surface area contributed by atoms with Crippen molar-refractivity contribution in [2.45, 2.75) is 20.0 Å². The lowest BCUT2D eigenvalue weighted by Gasteiger charge is -2.16. The van der Waals surface area contributed by atoms with E-state index < -0.39 is 6.10 Å². The van der Waals surface area contributed by atoms with Crippen LogP contribution >= 0.6 is 11.6 Å². The second-order valence-corrected chi connectivity index (χ2v) is 5.74. The molecule has 1 unspecified atom stereocenters. The summed E-state index contributed by atoms with van der Waals surface area (Å²) in [5.41, 5.74) is 1.88. The lowest BCUT2D eigenvalue weighted by atomic mass is 10.2. The minimum atomic E-state index is -0.715. The Morgan fingerprint density at radius 2 is 1.79 bits per heavy atom. The predicted molar refractivity (Wildman–Crippen MR) is 94.7 cm³/mol. The van der Waals surface area contributed by atoms with Crippen LogP contribution in [0.1, 0.15) is 22.8 Å². The highest BCUT2D eigenvalue weighted by Crippen LogP contribution is 2.23. The number of amides is 2. The first-order chi connectivity index (χ1) is 11.4. The molecule has 0 radical (unpaired) electrons. The van der Waals surface area contributed by atoms with Gasteiger partial charge in [-0.2, -0.15) is 0 Å². The molecule has 2 rings (SSSR count). The molecule has 0 aliphatic heterocycles. The number of ether oxygens (including phenoxy) is 1. The second-order valence-electron chi connectivity index (χ2n) is 5.34. The predicted octanol–water partition coefficient (Wildman–Crippen LogP) is 3.41. The molecule has 2 amide bonds. The fourth-order valence-corrected chi connectivity index (χ4v) is 2.18. The zero-order valence-electron chi connectivity index (χ0n) is 13.7. The fourth-order valence-electron chi connectivity index (χ4n) is 2.02. The molecule has 0 saturated heterocycles. The molecule has 2 aromatic rings. The third-order valence-electron chi connectivity index (χ3n) is 3.42. The van der Waals surface area contributed by atoms with E-state index >= 15 is 0 Å². The van der Waals surface area contributed by atoms with Gasteiger partial charge in [-0.1, -0.05) is 29.3 Å². The molecular weight excluding hydrogens is 328 g/mol. The smallest absolute Gasteiger partial charge is 0.265 e. The monoisotopic (exact) mass is 346 g/mol. The van der Waals surface area contributed by atoms with Crippen LogP contribution in [0.5, 0.6) is 5.75 Å². The number of benzene rings is 2. The first-order valence-corrected chi connectivity index (χ1v) is 7.84. The topological polar surface area (TPSA) is 67.4 Å². The first kappa shape index (κ1) is 17.8. The number of hydrogen-bond donors (Lipinski definition) is 2. The molecule has 0 heterocycles. The summed E-state index contributed by atoms with van der Waals surface area (Å²) in [6, 6.07) is 12.1. The second kappa shape index (κ2) is 7.84. The van der Waals surface area contributed by atoms with Crippen molar-refractivity contribution in [3.8, 4) is 5.75 Å². The van der Waals surface area contributed by atoms with Gasteiger partial charge in [-0.3, -0.25) is 9.59 Å². The highest BCUT2D eigenvalue weighted by Gasteiger charge is 2.17. The van der Waals surface area contributed by atoms with Crippen molar-refractivity contribution in [2.75, 3.05) is 12.4 Å². The van der Waals surface area contributed by atoms with E-state index in [0.29, 0.717) is 22.0 Å². The molecule has 0 saturated carbocycles. The number of aryl methyl sites for hydroxylation is 1. The van der Waals surface area contributed by atoms with Gasteiger partial charge in [-0.15, -0.1) is 0 Å². The number of hydrogen-bond acceptors (Lipinski definition) is 3. The number of nitrogens with one attached hydrogen (secondary N) is 2. The molecule has 24 heavy (non-hydrogen) atoms. The van der Waals surface area contributed by atoms with Gasteiger partial charge in [0.25, 0.3) is 11.8 Å². The molecule has 0 aliphatic carbocycles. The van der Waals surface area contributed by atoms with E-state index in [1.807, 2.05) is 19.1 Å². The Morgan fingerprint density at radius 3 is 2.42 bits per heavy atom. The van der Waals surface area contributed by atoms with Crippen LogP contribution < -0.4 is 15.4 Å². The van der Waals surface area contributed by atoms with Crippen LogP contribution in [-0.2, 0) is 4.79 Å². The van der Waals surface area contributed by atoms with Gasteiger partial charge in [-0.25, -0.2) is 0 Å². The number of carbonyl (C=O) groups excluding carboxylic acids is 2. The van der Waals surface area contributed by atoms with Crippen LogP contribution in [0.3, 0.4) is 0 Å². The Hall–Kier alpha value is -2.53. The molecule has 0 bridgehead atoms. The Labute approximate surface area is 146 Å². The summed E-state index contributed by atoms with van der Waals surface area (Å²) in [6.07, 6.45) is -0.715. The van der Waals surface area contributed by atoms with Crippen molar-refractivity contribution in [1.82, 2.24) is 5.32 Å². The van der Waals surface area contributed by atoms with Crippen molar-refractivity contribution in [2.24, 2.45) is 0 Å². The van der Waals surface area contributed by atoms with Crippen LogP contribution in [-0.4, -0.2) is 25.0 Å². The van der Waals surface area contributed by atoms with Crippen molar-refractivity contribution in [3.05, 3.63) is 58.6 Å². The van der Waals surface area contributed by atoms with Gasteiger partial charge in [0, 0.05) is 12.6 Å². The van der Waals surface area contributed by atoms with Crippen molar-refractivity contribution >= 4 is 29.1 Å². The summed E-state index contributed by atoms with van der Waals surface area (Å²) in [6.45, 7) is 3.62. The zero-order valence-corrected chi connectivity index (χ0v) is 14.5. The minimum absolute atomic E-state index is 0.258. The maximum atomic E-state index is 12.3. The minimum Gasteiger partial charge on any atom is -0.481 e. The van der Waals surface area contributed by atoms with Crippen LogP contribution in [0.15, 0.2) is 42.5 Å². The van der Waals surface area contributed by atoms with Crippen LogP contribution in [0.25, 0.3) is 0 Å². The number of carbonyl (C=O) groups is 2. The lowest BCUT2D eigenvalue weighted by molar-refractivity contribution is -0.122. The van der Waals surface area contributed by atoms with Crippen molar-refractivity contribution < 1.29 is 14.3 Å². The molecule has 2 N–H and O–H groups in total. The van der Waals surface area contributed by atoms with Crippen LogP contribution in [0.4, 0.5) is 5.69 Å². The highest BCUT2D eigenvalue weighted by atomic mass is 35.5.